The lowest BCUT2D eigenvalue weighted by atomic mass is 10.1. The van der Waals surface area contributed by atoms with Crippen molar-refractivity contribution in [2.75, 3.05) is 0 Å². The molecule has 0 fully saturated rings. The molecule has 15 heavy (non-hydrogen) atoms. The van der Waals surface area contributed by atoms with Gasteiger partial charge in [0.1, 0.15) is 6.33 Å². The zero-order chi connectivity index (χ0) is 11.3. The first-order valence-corrected chi connectivity index (χ1v) is 5.19. The molecule has 3 nitrogen and oxygen atoms in total. The molecule has 1 aromatic heterocycles. The molecule has 0 saturated heterocycles. The minimum absolute atomic E-state index is 0.915. The standard InChI is InChI=1S/C10H11N3.C2H6/c1-8-5-3-4-6-9(8)10-12-11-7-13(10)2;1-2/h3-7H,1-2H3;1-2H3. The fourth-order valence-electron chi connectivity index (χ4n) is 1.35. The van der Waals surface area contributed by atoms with Gasteiger partial charge in [-0.25, -0.2) is 0 Å². The summed E-state index contributed by atoms with van der Waals surface area (Å²) in [5.74, 6) is 0.915. The first-order valence-electron chi connectivity index (χ1n) is 5.19. The highest BCUT2D eigenvalue weighted by molar-refractivity contribution is 5.59. The van der Waals surface area contributed by atoms with Crippen LogP contribution >= 0.6 is 0 Å². The molecule has 0 aliphatic rings. The summed E-state index contributed by atoms with van der Waals surface area (Å²) in [7, 11) is 1.95. The van der Waals surface area contributed by atoms with Crippen LogP contribution in [0.5, 0.6) is 0 Å². The van der Waals surface area contributed by atoms with Crippen molar-refractivity contribution in [3.63, 3.8) is 0 Å². The van der Waals surface area contributed by atoms with Crippen molar-refractivity contribution in [2.24, 2.45) is 7.05 Å². The maximum atomic E-state index is 4.06. The van der Waals surface area contributed by atoms with Gasteiger partial charge in [0, 0.05) is 12.6 Å². The van der Waals surface area contributed by atoms with Crippen molar-refractivity contribution < 1.29 is 0 Å². The fourth-order valence-corrected chi connectivity index (χ4v) is 1.35. The second-order valence-electron chi connectivity index (χ2n) is 3.08. The van der Waals surface area contributed by atoms with Gasteiger partial charge in [-0.3, -0.25) is 0 Å². The molecule has 0 spiro atoms. The van der Waals surface area contributed by atoms with Gasteiger partial charge in [0.15, 0.2) is 5.82 Å². The Morgan fingerprint density at radius 2 is 1.80 bits per heavy atom. The third kappa shape index (κ3) is 2.43. The Bertz CT molecular complexity index is 418. The molecule has 1 aromatic carbocycles. The van der Waals surface area contributed by atoms with E-state index >= 15 is 0 Å². The number of aromatic nitrogens is 3. The smallest absolute Gasteiger partial charge is 0.163 e. The maximum Gasteiger partial charge on any atom is 0.163 e. The van der Waals surface area contributed by atoms with Crippen LogP contribution in [0, 0.1) is 6.92 Å². The highest BCUT2D eigenvalue weighted by Gasteiger charge is 2.05. The molecule has 2 rings (SSSR count). The maximum absolute atomic E-state index is 4.06. The second-order valence-corrected chi connectivity index (χ2v) is 3.08. The number of hydrogen-bond acceptors (Lipinski definition) is 2. The Morgan fingerprint density at radius 1 is 1.13 bits per heavy atom. The molecule has 1 heterocycles. The fraction of sp³-hybridized carbons (Fsp3) is 0.333. The number of benzene rings is 1. The van der Waals surface area contributed by atoms with E-state index in [1.807, 2.05) is 37.6 Å². The van der Waals surface area contributed by atoms with Gasteiger partial charge in [0.05, 0.1) is 0 Å². The lowest BCUT2D eigenvalue weighted by Gasteiger charge is -2.03. The van der Waals surface area contributed by atoms with Crippen LogP contribution in [0.4, 0.5) is 0 Å². The largest absolute Gasteiger partial charge is 0.317 e. The monoisotopic (exact) mass is 203 g/mol. The molecule has 0 unspecified atom stereocenters. The van der Waals surface area contributed by atoms with Gasteiger partial charge in [-0.05, 0) is 12.5 Å². The highest BCUT2D eigenvalue weighted by Crippen LogP contribution is 2.19. The second kappa shape index (κ2) is 5.29. The van der Waals surface area contributed by atoms with Crippen molar-refractivity contribution in [1.82, 2.24) is 14.8 Å². The Labute approximate surface area is 90.8 Å². The van der Waals surface area contributed by atoms with E-state index in [1.54, 1.807) is 6.33 Å². The zero-order valence-corrected chi connectivity index (χ0v) is 9.73. The zero-order valence-electron chi connectivity index (χ0n) is 9.73. The molecule has 2 aromatic rings. The quantitative estimate of drug-likeness (QED) is 0.713. The molecule has 0 aliphatic heterocycles. The van der Waals surface area contributed by atoms with Crippen LogP contribution in [-0.4, -0.2) is 14.8 Å². The van der Waals surface area contributed by atoms with E-state index in [4.69, 9.17) is 0 Å². The predicted molar refractivity (Wildman–Crippen MR) is 62.5 cm³/mol. The summed E-state index contributed by atoms with van der Waals surface area (Å²) >= 11 is 0. The van der Waals surface area contributed by atoms with Gasteiger partial charge in [0.25, 0.3) is 0 Å². The van der Waals surface area contributed by atoms with Crippen molar-refractivity contribution >= 4 is 0 Å². The van der Waals surface area contributed by atoms with Crippen molar-refractivity contribution in [3.05, 3.63) is 36.2 Å². The Kier molecular flexibility index (Phi) is 4.03. The average Bonchev–Trinajstić information content (AvgIpc) is 2.68. The van der Waals surface area contributed by atoms with Gasteiger partial charge >= 0.3 is 0 Å². The van der Waals surface area contributed by atoms with Crippen LogP contribution in [0.3, 0.4) is 0 Å². The number of rotatable bonds is 1. The third-order valence-corrected chi connectivity index (χ3v) is 2.10. The van der Waals surface area contributed by atoms with E-state index in [2.05, 4.69) is 29.3 Å². The summed E-state index contributed by atoms with van der Waals surface area (Å²) < 4.78 is 1.92. The van der Waals surface area contributed by atoms with Crippen molar-refractivity contribution in [2.45, 2.75) is 20.8 Å². The molecule has 0 radical (unpaired) electrons. The van der Waals surface area contributed by atoms with Crippen LogP contribution in [0.2, 0.25) is 0 Å². The summed E-state index contributed by atoms with van der Waals surface area (Å²) in [6, 6.07) is 8.16. The van der Waals surface area contributed by atoms with E-state index in [0.717, 1.165) is 11.4 Å². The predicted octanol–water partition coefficient (Wildman–Crippen LogP) is 2.82. The van der Waals surface area contributed by atoms with Crippen molar-refractivity contribution in [3.8, 4) is 11.4 Å². The molecule has 3 heteroatoms. The third-order valence-electron chi connectivity index (χ3n) is 2.10. The number of aryl methyl sites for hydroxylation is 2. The Hall–Kier alpha value is -1.64. The summed E-state index contributed by atoms with van der Waals surface area (Å²) in [5.41, 5.74) is 2.36. The minimum atomic E-state index is 0.915. The summed E-state index contributed by atoms with van der Waals surface area (Å²) in [4.78, 5) is 0. The number of nitrogens with zero attached hydrogens (tertiary/aromatic N) is 3. The van der Waals surface area contributed by atoms with E-state index < -0.39 is 0 Å². The van der Waals surface area contributed by atoms with Crippen LogP contribution in [0.15, 0.2) is 30.6 Å². The SMILES string of the molecule is CC.Cc1ccccc1-c1nncn1C. The molecule has 0 N–H and O–H groups in total. The molecule has 0 amide bonds. The van der Waals surface area contributed by atoms with E-state index in [9.17, 15) is 0 Å². The molecule has 0 aliphatic carbocycles. The minimum Gasteiger partial charge on any atom is -0.317 e. The molecule has 80 valence electrons. The first kappa shape index (κ1) is 11.4. The highest BCUT2D eigenvalue weighted by atomic mass is 15.2. The van der Waals surface area contributed by atoms with Crippen LogP contribution in [0.1, 0.15) is 19.4 Å². The molecular weight excluding hydrogens is 186 g/mol. The van der Waals surface area contributed by atoms with E-state index in [0.29, 0.717) is 0 Å². The Balaban J connectivity index is 0.000000531. The van der Waals surface area contributed by atoms with Gasteiger partial charge in [-0.2, -0.15) is 0 Å². The molecule has 0 atom stereocenters. The lowest BCUT2D eigenvalue weighted by Crippen LogP contribution is -1.92. The van der Waals surface area contributed by atoms with E-state index in [-0.39, 0.29) is 0 Å². The molecule has 0 bridgehead atoms. The Morgan fingerprint density at radius 3 is 2.33 bits per heavy atom. The molecular formula is C12H17N3. The van der Waals surface area contributed by atoms with Gasteiger partial charge in [-0.15, -0.1) is 10.2 Å². The van der Waals surface area contributed by atoms with Crippen molar-refractivity contribution in [1.29, 1.82) is 0 Å². The van der Waals surface area contributed by atoms with E-state index in [1.165, 1.54) is 5.56 Å². The summed E-state index contributed by atoms with van der Waals surface area (Å²) in [6.07, 6.45) is 1.71. The van der Waals surface area contributed by atoms with Gasteiger partial charge < -0.3 is 4.57 Å². The van der Waals surface area contributed by atoms with Crippen LogP contribution in [0.25, 0.3) is 11.4 Å². The van der Waals surface area contributed by atoms with Crippen LogP contribution < -0.4 is 0 Å². The van der Waals surface area contributed by atoms with Crippen LogP contribution in [-0.2, 0) is 7.05 Å². The number of hydrogen-bond donors (Lipinski definition) is 0. The van der Waals surface area contributed by atoms with Gasteiger partial charge in [-0.1, -0.05) is 38.1 Å². The topological polar surface area (TPSA) is 30.7 Å². The summed E-state index contributed by atoms with van der Waals surface area (Å²) in [6.45, 7) is 6.07. The summed E-state index contributed by atoms with van der Waals surface area (Å²) in [5, 5.41) is 7.91. The normalized spacial score (nSPS) is 9.33. The molecule has 0 saturated carbocycles. The first-order chi connectivity index (χ1) is 7.29. The average molecular weight is 203 g/mol. The van der Waals surface area contributed by atoms with Gasteiger partial charge in [0.2, 0.25) is 0 Å². The lowest BCUT2D eigenvalue weighted by molar-refractivity contribution is 0.918.